The molecule has 1 aliphatic carbocycles. The van der Waals surface area contributed by atoms with Gasteiger partial charge in [-0.05, 0) is 44.6 Å². The lowest BCUT2D eigenvalue weighted by atomic mass is 9.84. The maximum Gasteiger partial charge on any atom is 0.222 e. The smallest absolute Gasteiger partial charge is 0.222 e. The van der Waals surface area contributed by atoms with Crippen LogP contribution in [0.1, 0.15) is 71.6 Å². The number of nitrogens with one attached hydrogen (secondary N) is 1. The third-order valence-corrected chi connectivity index (χ3v) is 4.69. The van der Waals surface area contributed by atoms with Gasteiger partial charge < -0.3 is 16.0 Å². The number of hydrogen-bond acceptors (Lipinski definition) is 3. The zero-order chi connectivity index (χ0) is 17.1. The summed E-state index contributed by atoms with van der Waals surface area (Å²) in [7, 11) is 0. The highest BCUT2D eigenvalue weighted by molar-refractivity contribution is 5.85. The molecule has 3 N–H and O–H groups in total. The largest absolute Gasteiger partial charge is 0.353 e. The average molecular weight is 362 g/mol. The molecule has 1 aliphatic rings. The average Bonchev–Trinajstić information content (AvgIpc) is 2.55. The number of hydrogen-bond donors (Lipinski definition) is 2. The lowest BCUT2D eigenvalue weighted by Crippen LogP contribution is -2.44. The van der Waals surface area contributed by atoms with Crippen LogP contribution in [-0.2, 0) is 9.59 Å². The minimum absolute atomic E-state index is 0. The highest BCUT2D eigenvalue weighted by Gasteiger charge is 2.25. The number of halogens is 1. The summed E-state index contributed by atoms with van der Waals surface area (Å²) in [6, 6.07) is 0.230. The van der Waals surface area contributed by atoms with Crippen molar-refractivity contribution in [3.05, 3.63) is 0 Å². The molecule has 0 radical (unpaired) electrons. The van der Waals surface area contributed by atoms with Crippen molar-refractivity contribution in [2.45, 2.75) is 77.7 Å². The minimum atomic E-state index is 0. The number of amides is 2. The third kappa shape index (κ3) is 8.34. The fraction of sp³-hybridized carbons (Fsp3) is 0.889. The van der Waals surface area contributed by atoms with Crippen LogP contribution in [0.5, 0.6) is 0 Å². The van der Waals surface area contributed by atoms with Crippen molar-refractivity contribution in [3.8, 4) is 0 Å². The molecular formula is C18H36ClN3O2. The molecule has 1 saturated carbocycles. The van der Waals surface area contributed by atoms with Crippen molar-refractivity contribution < 1.29 is 9.59 Å². The molecule has 0 aromatic rings. The van der Waals surface area contributed by atoms with Crippen molar-refractivity contribution in [3.63, 3.8) is 0 Å². The molecule has 2 unspecified atom stereocenters. The number of carbonyl (C=O) groups excluding carboxylic acids is 2. The van der Waals surface area contributed by atoms with Crippen LogP contribution >= 0.6 is 12.4 Å². The first-order valence-corrected chi connectivity index (χ1v) is 9.39. The summed E-state index contributed by atoms with van der Waals surface area (Å²) in [5.74, 6) is 0.665. The van der Waals surface area contributed by atoms with Gasteiger partial charge in [-0.2, -0.15) is 0 Å². The van der Waals surface area contributed by atoms with Gasteiger partial charge in [-0.3, -0.25) is 9.59 Å². The molecule has 1 fully saturated rings. The van der Waals surface area contributed by atoms with Crippen molar-refractivity contribution >= 4 is 24.2 Å². The Morgan fingerprint density at radius 3 is 2.29 bits per heavy atom. The van der Waals surface area contributed by atoms with Crippen LogP contribution < -0.4 is 11.1 Å². The van der Waals surface area contributed by atoms with Crippen LogP contribution in [0.2, 0.25) is 0 Å². The summed E-state index contributed by atoms with van der Waals surface area (Å²) in [6.07, 6.45) is 8.04. The van der Waals surface area contributed by atoms with Crippen LogP contribution in [0.4, 0.5) is 0 Å². The van der Waals surface area contributed by atoms with Crippen LogP contribution in [0.25, 0.3) is 0 Å². The molecular weight excluding hydrogens is 326 g/mol. The molecule has 0 spiro atoms. The molecule has 24 heavy (non-hydrogen) atoms. The fourth-order valence-electron chi connectivity index (χ4n) is 3.42. The highest BCUT2D eigenvalue weighted by atomic mass is 35.5. The summed E-state index contributed by atoms with van der Waals surface area (Å²) in [6.45, 7) is 6.45. The van der Waals surface area contributed by atoms with Gasteiger partial charge in [0.2, 0.25) is 11.8 Å². The Hall–Kier alpha value is -0.810. The van der Waals surface area contributed by atoms with E-state index < -0.39 is 0 Å². The molecule has 0 aromatic carbocycles. The first-order chi connectivity index (χ1) is 11.1. The van der Waals surface area contributed by atoms with E-state index in [2.05, 4.69) is 19.2 Å². The summed E-state index contributed by atoms with van der Waals surface area (Å²) < 4.78 is 0. The van der Waals surface area contributed by atoms with E-state index in [-0.39, 0.29) is 30.3 Å². The van der Waals surface area contributed by atoms with Gasteiger partial charge in [0.15, 0.2) is 0 Å². The zero-order valence-electron chi connectivity index (χ0n) is 15.4. The van der Waals surface area contributed by atoms with Crippen LogP contribution in [-0.4, -0.2) is 42.4 Å². The van der Waals surface area contributed by atoms with E-state index in [1.165, 1.54) is 12.8 Å². The minimum Gasteiger partial charge on any atom is -0.353 e. The van der Waals surface area contributed by atoms with E-state index in [9.17, 15) is 9.59 Å². The summed E-state index contributed by atoms with van der Waals surface area (Å²) in [5, 5.41) is 3.13. The van der Waals surface area contributed by atoms with E-state index >= 15 is 0 Å². The summed E-state index contributed by atoms with van der Waals surface area (Å²) >= 11 is 0. The lowest BCUT2D eigenvalue weighted by molar-refractivity contribution is -0.131. The predicted molar refractivity (Wildman–Crippen MR) is 101 cm³/mol. The Morgan fingerprint density at radius 2 is 1.71 bits per heavy atom. The Bertz CT molecular complexity index is 360. The van der Waals surface area contributed by atoms with Gasteiger partial charge in [-0.25, -0.2) is 0 Å². The van der Waals surface area contributed by atoms with Crippen molar-refractivity contribution in [2.75, 3.05) is 19.6 Å². The van der Waals surface area contributed by atoms with Gasteiger partial charge in [0, 0.05) is 32.0 Å². The van der Waals surface area contributed by atoms with Gasteiger partial charge in [-0.15, -0.1) is 12.4 Å². The molecule has 0 bridgehead atoms. The number of carbonyl (C=O) groups is 2. The van der Waals surface area contributed by atoms with E-state index in [0.29, 0.717) is 31.7 Å². The highest BCUT2D eigenvalue weighted by Crippen LogP contribution is 2.23. The zero-order valence-corrected chi connectivity index (χ0v) is 16.2. The molecule has 1 rings (SSSR count). The van der Waals surface area contributed by atoms with Crippen molar-refractivity contribution in [2.24, 2.45) is 11.7 Å². The maximum absolute atomic E-state index is 12.2. The molecule has 2 amide bonds. The SMILES string of the molecule is CCCN(CCC)C(=O)CCCC(=O)NC1CCCCC1CN.Cl. The van der Waals surface area contributed by atoms with Crippen LogP contribution in [0, 0.1) is 5.92 Å². The Morgan fingerprint density at radius 1 is 1.08 bits per heavy atom. The molecule has 0 aromatic heterocycles. The van der Waals surface area contributed by atoms with E-state index in [1.54, 1.807) is 0 Å². The normalized spacial score (nSPS) is 20.1. The van der Waals surface area contributed by atoms with Crippen LogP contribution in [0.3, 0.4) is 0 Å². The predicted octanol–water partition coefficient (Wildman–Crippen LogP) is 2.86. The van der Waals surface area contributed by atoms with Crippen molar-refractivity contribution in [1.82, 2.24) is 10.2 Å². The second-order valence-electron chi connectivity index (χ2n) is 6.69. The molecule has 6 heteroatoms. The Labute approximate surface area is 153 Å². The summed E-state index contributed by atoms with van der Waals surface area (Å²) in [4.78, 5) is 26.2. The summed E-state index contributed by atoms with van der Waals surface area (Å²) in [5.41, 5.74) is 5.80. The monoisotopic (exact) mass is 361 g/mol. The second kappa shape index (κ2) is 13.5. The van der Waals surface area contributed by atoms with E-state index in [4.69, 9.17) is 5.73 Å². The first-order valence-electron chi connectivity index (χ1n) is 9.39. The first kappa shape index (κ1) is 23.2. The second-order valence-corrected chi connectivity index (χ2v) is 6.69. The van der Waals surface area contributed by atoms with Gasteiger partial charge in [0.1, 0.15) is 0 Å². The maximum atomic E-state index is 12.2. The van der Waals surface area contributed by atoms with Crippen LogP contribution in [0.15, 0.2) is 0 Å². The molecule has 142 valence electrons. The van der Waals surface area contributed by atoms with E-state index in [0.717, 1.165) is 38.8 Å². The van der Waals surface area contributed by atoms with Crippen molar-refractivity contribution in [1.29, 1.82) is 0 Å². The number of nitrogens with zero attached hydrogens (tertiary/aromatic N) is 1. The molecule has 2 atom stereocenters. The molecule has 0 aliphatic heterocycles. The van der Waals surface area contributed by atoms with Gasteiger partial charge in [-0.1, -0.05) is 26.7 Å². The number of nitrogens with two attached hydrogens (primary N) is 1. The van der Waals surface area contributed by atoms with Gasteiger partial charge in [0.05, 0.1) is 0 Å². The standard InChI is InChI=1S/C18H35N3O2.ClH/c1-3-12-21(13-4-2)18(23)11-7-10-17(22)20-16-9-6-5-8-15(16)14-19;/h15-16H,3-14,19H2,1-2H3,(H,20,22);1H. The third-order valence-electron chi connectivity index (χ3n) is 4.69. The lowest BCUT2D eigenvalue weighted by Gasteiger charge is -2.31. The topological polar surface area (TPSA) is 75.4 Å². The molecule has 0 heterocycles. The molecule has 0 saturated heterocycles. The Kier molecular flexibility index (Phi) is 13.0. The van der Waals surface area contributed by atoms with Gasteiger partial charge in [0.25, 0.3) is 0 Å². The molecule has 5 nitrogen and oxygen atoms in total. The van der Waals surface area contributed by atoms with E-state index in [1.807, 2.05) is 4.90 Å². The quantitative estimate of drug-likeness (QED) is 0.628. The Balaban J connectivity index is 0.00000529. The van der Waals surface area contributed by atoms with Gasteiger partial charge >= 0.3 is 0 Å². The number of rotatable bonds is 10. The fourth-order valence-corrected chi connectivity index (χ4v) is 3.42.